The summed E-state index contributed by atoms with van der Waals surface area (Å²) in [5, 5.41) is 6.57. The van der Waals surface area contributed by atoms with E-state index >= 15 is 0 Å². The summed E-state index contributed by atoms with van der Waals surface area (Å²) in [6.07, 6.45) is 1.36. The molecular weight excluding hydrogens is 380 g/mol. The van der Waals surface area contributed by atoms with E-state index in [0.717, 1.165) is 5.56 Å². The maximum atomic E-state index is 12.5. The second-order valence-corrected chi connectivity index (χ2v) is 6.70. The largest absolute Gasteiger partial charge is 0.495 e. The molecule has 0 aromatic heterocycles. The van der Waals surface area contributed by atoms with Crippen molar-refractivity contribution in [2.24, 2.45) is 0 Å². The Hall–Kier alpha value is -2.73. The van der Waals surface area contributed by atoms with Crippen molar-refractivity contribution in [1.29, 1.82) is 0 Å². The van der Waals surface area contributed by atoms with E-state index in [1.165, 1.54) is 7.11 Å². The van der Waals surface area contributed by atoms with Crippen LogP contribution >= 0.6 is 11.6 Å². The van der Waals surface area contributed by atoms with Crippen LogP contribution in [0.2, 0.25) is 5.02 Å². The standard InChI is InChI=1S/C21H25ClN2O4/c1-27-19-10-8-16(22)13-18(19)23-14-20(25)24-17(9-11-21(26)28-2)12-15-6-4-3-5-7-15/h3-8,10,13,17,23H,9,11-12,14H2,1-2H3,(H,24,25)/t17-/m1/s1. The Bertz CT molecular complexity index is 783. The molecule has 0 spiro atoms. The quantitative estimate of drug-likeness (QED) is 0.593. The summed E-state index contributed by atoms with van der Waals surface area (Å²) in [5.74, 6) is 0.116. The Labute approximate surface area is 170 Å². The first-order valence-corrected chi connectivity index (χ1v) is 9.37. The first-order chi connectivity index (χ1) is 13.5. The number of methoxy groups -OCH3 is 2. The highest BCUT2D eigenvalue weighted by Crippen LogP contribution is 2.27. The summed E-state index contributed by atoms with van der Waals surface area (Å²) in [4.78, 5) is 23.9. The predicted octanol–water partition coefficient (Wildman–Crippen LogP) is 3.44. The van der Waals surface area contributed by atoms with E-state index in [9.17, 15) is 9.59 Å². The molecular formula is C21H25ClN2O4. The number of anilines is 1. The number of halogens is 1. The van der Waals surface area contributed by atoms with Gasteiger partial charge in [-0.15, -0.1) is 0 Å². The van der Waals surface area contributed by atoms with Gasteiger partial charge in [0.2, 0.25) is 5.91 Å². The predicted molar refractivity (Wildman–Crippen MR) is 110 cm³/mol. The molecule has 2 aromatic carbocycles. The molecule has 1 amide bonds. The van der Waals surface area contributed by atoms with Crippen LogP contribution < -0.4 is 15.4 Å². The van der Waals surface area contributed by atoms with Crippen molar-refractivity contribution >= 4 is 29.2 Å². The van der Waals surface area contributed by atoms with Gasteiger partial charge in [0.25, 0.3) is 0 Å². The molecule has 6 nitrogen and oxygen atoms in total. The van der Waals surface area contributed by atoms with E-state index in [4.69, 9.17) is 21.1 Å². The zero-order chi connectivity index (χ0) is 20.4. The Kier molecular flexibility index (Phi) is 8.62. The zero-order valence-electron chi connectivity index (χ0n) is 16.0. The number of hydrogen-bond donors (Lipinski definition) is 2. The third kappa shape index (κ3) is 7.12. The van der Waals surface area contributed by atoms with E-state index in [0.29, 0.717) is 29.3 Å². The number of nitrogens with one attached hydrogen (secondary N) is 2. The van der Waals surface area contributed by atoms with Gasteiger partial charge in [-0.25, -0.2) is 0 Å². The smallest absolute Gasteiger partial charge is 0.305 e. The fourth-order valence-electron chi connectivity index (χ4n) is 2.79. The fourth-order valence-corrected chi connectivity index (χ4v) is 2.96. The molecule has 0 aliphatic heterocycles. The molecule has 7 heteroatoms. The number of amides is 1. The van der Waals surface area contributed by atoms with E-state index in [-0.39, 0.29) is 30.9 Å². The lowest BCUT2D eigenvalue weighted by Gasteiger charge is -2.19. The normalized spacial score (nSPS) is 11.4. The number of carbonyl (C=O) groups is 2. The molecule has 0 aliphatic rings. The van der Waals surface area contributed by atoms with Crippen molar-refractivity contribution in [3.8, 4) is 5.75 Å². The lowest BCUT2D eigenvalue weighted by Crippen LogP contribution is -2.40. The van der Waals surface area contributed by atoms with Gasteiger partial charge in [-0.3, -0.25) is 9.59 Å². The summed E-state index contributed by atoms with van der Waals surface area (Å²) in [7, 11) is 2.91. The first-order valence-electron chi connectivity index (χ1n) is 8.99. The van der Waals surface area contributed by atoms with Gasteiger partial charge in [0.15, 0.2) is 0 Å². The van der Waals surface area contributed by atoms with Gasteiger partial charge in [0.05, 0.1) is 26.5 Å². The number of rotatable bonds is 10. The lowest BCUT2D eigenvalue weighted by molar-refractivity contribution is -0.141. The van der Waals surface area contributed by atoms with E-state index < -0.39 is 0 Å². The molecule has 2 rings (SSSR count). The average Bonchev–Trinajstić information content (AvgIpc) is 2.71. The van der Waals surface area contributed by atoms with Crippen LogP contribution in [0.3, 0.4) is 0 Å². The van der Waals surface area contributed by atoms with Crippen LogP contribution in [0.15, 0.2) is 48.5 Å². The van der Waals surface area contributed by atoms with Crippen LogP contribution in [-0.4, -0.2) is 38.7 Å². The number of benzene rings is 2. The molecule has 2 N–H and O–H groups in total. The van der Waals surface area contributed by atoms with Gasteiger partial charge in [-0.2, -0.15) is 0 Å². The first kappa shape index (κ1) is 21.6. The summed E-state index contributed by atoms with van der Waals surface area (Å²) in [6.45, 7) is 0.0558. The van der Waals surface area contributed by atoms with Crippen LogP contribution in [0, 0.1) is 0 Å². The van der Waals surface area contributed by atoms with E-state index in [2.05, 4.69) is 10.6 Å². The number of esters is 1. The molecule has 0 saturated carbocycles. The second-order valence-electron chi connectivity index (χ2n) is 6.27. The highest BCUT2D eigenvalue weighted by Gasteiger charge is 2.16. The molecule has 1 atom stereocenters. The van der Waals surface area contributed by atoms with Crippen LogP contribution in [0.4, 0.5) is 5.69 Å². The van der Waals surface area contributed by atoms with E-state index in [1.54, 1.807) is 25.3 Å². The number of ether oxygens (including phenoxy) is 2. The van der Waals surface area contributed by atoms with Gasteiger partial charge >= 0.3 is 5.97 Å². The second kappa shape index (κ2) is 11.2. The molecule has 2 aromatic rings. The van der Waals surface area contributed by atoms with E-state index in [1.807, 2.05) is 30.3 Å². The third-order valence-corrected chi connectivity index (χ3v) is 4.45. The minimum absolute atomic E-state index is 0.0558. The van der Waals surface area contributed by atoms with Gasteiger partial charge in [-0.1, -0.05) is 41.9 Å². The molecule has 0 radical (unpaired) electrons. The Balaban J connectivity index is 1.96. The van der Waals surface area contributed by atoms with Crippen molar-refractivity contribution < 1.29 is 19.1 Å². The summed E-state index contributed by atoms with van der Waals surface area (Å²) in [5.41, 5.74) is 1.72. The summed E-state index contributed by atoms with van der Waals surface area (Å²) in [6, 6.07) is 14.8. The molecule has 28 heavy (non-hydrogen) atoms. The summed E-state index contributed by atoms with van der Waals surface area (Å²) >= 11 is 6.01. The molecule has 0 bridgehead atoms. The highest BCUT2D eigenvalue weighted by molar-refractivity contribution is 6.30. The number of carbonyl (C=O) groups excluding carboxylic acids is 2. The fraction of sp³-hybridized carbons (Fsp3) is 0.333. The van der Waals surface area contributed by atoms with Gasteiger partial charge in [0.1, 0.15) is 5.75 Å². The van der Waals surface area contributed by atoms with Crippen LogP contribution in [0.1, 0.15) is 18.4 Å². The molecule has 0 heterocycles. The number of hydrogen-bond acceptors (Lipinski definition) is 5. The Morgan fingerprint density at radius 1 is 1.11 bits per heavy atom. The van der Waals surface area contributed by atoms with Crippen LogP contribution in [-0.2, 0) is 20.7 Å². The Morgan fingerprint density at radius 2 is 1.86 bits per heavy atom. The third-order valence-electron chi connectivity index (χ3n) is 4.22. The lowest BCUT2D eigenvalue weighted by atomic mass is 10.0. The zero-order valence-corrected chi connectivity index (χ0v) is 16.8. The molecule has 0 saturated heterocycles. The van der Waals surface area contributed by atoms with Gasteiger partial charge in [0, 0.05) is 17.5 Å². The maximum absolute atomic E-state index is 12.5. The topological polar surface area (TPSA) is 76.7 Å². The Morgan fingerprint density at radius 3 is 2.54 bits per heavy atom. The van der Waals surface area contributed by atoms with Crippen LogP contribution in [0.25, 0.3) is 0 Å². The molecule has 0 unspecified atom stereocenters. The summed E-state index contributed by atoms with van der Waals surface area (Å²) < 4.78 is 9.97. The van der Waals surface area contributed by atoms with Gasteiger partial charge in [-0.05, 0) is 36.6 Å². The van der Waals surface area contributed by atoms with Crippen molar-refractivity contribution in [2.75, 3.05) is 26.1 Å². The molecule has 0 fully saturated rings. The SMILES string of the molecule is COC(=O)CC[C@H](Cc1ccccc1)NC(=O)CNc1cc(Cl)ccc1OC. The average molecular weight is 405 g/mol. The van der Waals surface area contributed by atoms with Gasteiger partial charge < -0.3 is 20.1 Å². The monoisotopic (exact) mass is 404 g/mol. The van der Waals surface area contributed by atoms with Crippen molar-refractivity contribution in [3.05, 3.63) is 59.1 Å². The minimum atomic E-state index is -0.297. The van der Waals surface area contributed by atoms with Crippen molar-refractivity contribution in [2.45, 2.75) is 25.3 Å². The molecule has 150 valence electrons. The van der Waals surface area contributed by atoms with Crippen molar-refractivity contribution in [1.82, 2.24) is 5.32 Å². The van der Waals surface area contributed by atoms with Crippen LogP contribution in [0.5, 0.6) is 5.75 Å². The van der Waals surface area contributed by atoms with Crippen molar-refractivity contribution in [3.63, 3.8) is 0 Å². The maximum Gasteiger partial charge on any atom is 0.305 e. The minimum Gasteiger partial charge on any atom is -0.495 e. The highest BCUT2D eigenvalue weighted by atomic mass is 35.5. The molecule has 0 aliphatic carbocycles.